The van der Waals surface area contributed by atoms with E-state index in [0.29, 0.717) is 23.7 Å². The summed E-state index contributed by atoms with van der Waals surface area (Å²) in [6.07, 6.45) is 2.99. The van der Waals surface area contributed by atoms with Crippen molar-refractivity contribution in [2.45, 2.75) is 17.7 Å². The average molecular weight is 618 g/mol. The van der Waals surface area contributed by atoms with Crippen LogP contribution in [0.25, 0.3) is 0 Å². The van der Waals surface area contributed by atoms with Crippen LogP contribution in [0.4, 0.5) is 23.1 Å². The lowest BCUT2D eigenvalue weighted by Crippen LogP contribution is -2.37. The lowest BCUT2D eigenvalue weighted by molar-refractivity contribution is -0.129. The van der Waals surface area contributed by atoms with E-state index in [9.17, 15) is 13.2 Å². The topological polar surface area (TPSA) is 129 Å². The number of nitrogens with zero attached hydrogens (tertiary/aromatic N) is 5. The van der Waals surface area contributed by atoms with Crippen LogP contribution < -0.4 is 20.1 Å². The van der Waals surface area contributed by atoms with E-state index in [1.165, 1.54) is 33.5 Å². The van der Waals surface area contributed by atoms with Crippen LogP contribution in [-0.2, 0) is 27.7 Å². The number of hydrogen-bond acceptors (Lipinski definition) is 10. The number of benzene rings is 2. The van der Waals surface area contributed by atoms with Gasteiger partial charge in [-0.2, -0.15) is 4.98 Å². The maximum absolute atomic E-state index is 13.0. The van der Waals surface area contributed by atoms with Gasteiger partial charge in [-0.25, -0.2) is 17.7 Å². The van der Waals surface area contributed by atoms with E-state index in [2.05, 4.69) is 25.5 Å². The highest BCUT2D eigenvalue weighted by atomic mass is 35.5. The minimum absolute atomic E-state index is 0.00443. The summed E-state index contributed by atoms with van der Waals surface area (Å²) in [5, 5.41) is 6.46. The van der Waals surface area contributed by atoms with Crippen molar-refractivity contribution in [3.05, 3.63) is 52.7 Å². The van der Waals surface area contributed by atoms with Crippen LogP contribution in [0.2, 0.25) is 5.02 Å². The second kappa shape index (κ2) is 13.1. The molecule has 3 aromatic rings. The van der Waals surface area contributed by atoms with Gasteiger partial charge in [0.05, 0.1) is 38.3 Å². The average Bonchev–Trinajstić information content (AvgIpc) is 3.15. The molecule has 14 heteroatoms. The van der Waals surface area contributed by atoms with Gasteiger partial charge in [0.1, 0.15) is 21.4 Å². The van der Waals surface area contributed by atoms with Gasteiger partial charge >= 0.3 is 0 Å². The molecule has 42 heavy (non-hydrogen) atoms. The van der Waals surface area contributed by atoms with Crippen molar-refractivity contribution >= 4 is 50.7 Å². The van der Waals surface area contributed by atoms with Crippen LogP contribution in [0.3, 0.4) is 0 Å². The molecule has 226 valence electrons. The molecule has 0 bridgehead atoms. The number of likely N-dealkylation sites (N-methyl/N-ethyl adjacent to an activating group) is 1. The number of carbonyl (C=O) groups excluding carboxylic acids is 1. The first-order valence-corrected chi connectivity index (χ1v) is 15.0. The molecule has 1 aliphatic rings. The molecule has 12 nitrogen and oxygen atoms in total. The van der Waals surface area contributed by atoms with Gasteiger partial charge in [0.2, 0.25) is 21.9 Å². The molecule has 1 aromatic heterocycles. The normalized spacial score (nSPS) is 13.7. The Kier molecular flexibility index (Phi) is 9.77. The number of halogens is 1. The van der Waals surface area contributed by atoms with Gasteiger partial charge in [-0.15, -0.1) is 0 Å². The number of nitrogens with one attached hydrogen (secondary N) is 2. The third-order valence-corrected chi connectivity index (χ3v) is 9.10. The fraction of sp³-hybridized carbons (Fsp3) is 0.393. The van der Waals surface area contributed by atoms with Crippen LogP contribution in [0, 0.1) is 0 Å². The van der Waals surface area contributed by atoms with Gasteiger partial charge in [0.25, 0.3) is 0 Å². The summed E-state index contributed by atoms with van der Waals surface area (Å²) in [6, 6.07) is 8.68. The maximum atomic E-state index is 13.0. The SMILES string of the molecule is COc1ccc(Nc2nc(Nc3cc4c(cc3OC)CCN(CC(=O)N(C)C)CC4)ncc2Cl)c(S(=O)(=O)N(C)C)c1. The van der Waals surface area contributed by atoms with Crippen molar-refractivity contribution in [2.75, 3.05) is 72.7 Å². The van der Waals surface area contributed by atoms with Crippen molar-refractivity contribution in [3.8, 4) is 11.5 Å². The Morgan fingerprint density at radius 2 is 1.69 bits per heavy atom. The van der Waals surface area contributed by atoms with E-state index in [-0.39, 0.29) is 33.3 Å². The first kappa shape index (κ1) is 31.3. The van der Waals surface area contributed by atoms with Crippen molar-refractivity contribution in [1.29, 1.82) is 0 Å². The van der Waals surface area contributed by atoms with Crippen LogP contribution in [0.1, 0.15) is 11.1 Å². The predicted molar refractivity (Wildman–Crippen MR) is 163 cm³/mol. The summed E-state index contributed by atoms with van der Waals surface area (Å²) >= 11 is 6.42. The largest absolute Gasteiger partial charge is 0.497 e. The number of amides is 1. The van der Waals surface area contributed by atoms with Gasteiger partial charge in [0, 0.05) is 47.3 Å². The number of rotatable bonds is 10. The Hall–Kier alpha value is -3.65. The number of aromatic nitrogens is 2. The van der Waals surface area contributed by atoms with Crippen molar-refractivity contribution in [3.63, 3.8) is 0 Å². The fourth-order valence-corrected chi connectivity index (χ4v) is 5.66. The Balaban J connectivity index is 1.60. The van der Waals surface area contributed by atoms with Crippen LogP contribution in [-0.4, -0.2) is 100 Å². The molecule has 0 atom stereocenters. The standard InChI is InChI=1S/C28H36ClN7O5S/c1-34(2)26(37)17-36-11-9-18-13-23(24(41-6)14-19(18)10-12-36)32-28-30-16-21(29)27(33-28)31-22-8-7-20(40-5)15-25(22)42(38,39)35(3)4/h7-8,13-16H,9-12,17H2,1-6H3,(H2,30,31,32,33). The van der Waals surface area contributed by atoms with Gasteiger partial charge in [-0.3, -0.25) is 9.69 Å². The van der Waals surface area contributed by atoms with Gasteiger partial charge in [-0.1, -0.05) is 11.6 Å². The first-order valence-electron chi connectivity index (χ1n) is 13.2. The zero-order chi connectivity index (χ0) is 30.6. The second-order valence-electron chi connectivity index (χ2n) is 10.2. The number of methoxy groups -OCH3 is 2. The smallest absolute Gasteiger partial charge is 0.244 e. The number of ether oxygens (including phenoxy) is 2. The third kappa shape index (κ3) is 7.04. The summed E-state index contributed by atoms with van der Waals surface area (Å²) in [5.41, 5.74) is 3.24. The van der Waals surface area contributed by atoms with Crippen LogP contribution in [0.15, 0.2) is 41.4 Å². The van der Waals surface area contributed by atoms with E-state index >= 15 is 0 Å². The highest BCUT2D eigenvalue weighted by Gasteiger charge is 2.24. The molecule has 0 aliphatic carbocycles. The molecule has 0 spiro atoms. The fourth-order valence-electron chi connectivity index (χ4n) is 4.46. The number of anilines is 4. The molecule has 1 aliphatic heterocycles. The number of fused-ring (bicyclic) bond motifs is 1. The number of carbonyl (C=O) groups is 1. The molecule has 1 amide bonds. The second-order valence-corrected chi connectivity index (χ2v) is 12.7. The van der Waals surface area contributed by atoms with E-state index in [1.54, 1.807) is 38.2 Å². The van der Waals surface area contributed by atoms with Crippen molar-refractivity contribution < 1.29 is 22.7 Å². The zero-order valence-electron chi connectivity index (χ0n) is 24.6. The van der Waals surface area contributed by atoms with Crippen molar-refractivity contribution in [2.24, 2.45) is 0 Å². The van der Waals surface area contributed by atoms with Crippen LogP contribution >= 0.6 is 11.6 Å². The summed E-state index contributed by atoms with van der Waals surface area (Å²) in [5.74, 6) is 1.53. The van der Waals surface area contributed by atoms with Crippen LogP contribution in [0.5, 0.6) is 11.5 Å². The lowest BCUT2D eigenvalue weighted by Gasteiger charge is -2.21. The zero-order valence-corrected chi connectivity index (χ0v) is 26.1. The molecule has 2 heterocycles. The highest BCUT2D eigenvalue weighted by molar-refractivity contribution is 7.89. The lowest BCUT2D eigenvalue weighted by atomic mass is 10.0. The molecule has 0 radical (unpaired) electrons. The minimum atomic E-state index is -3.82. The molecule has 0 fully saturated rings. The van der Waals surface area contributed by atoms with E-state index < -0.39 is 10.0 Å². The number of hydrogen-bond donors (Lipinski definition) is 2. The van der Waals surface area contributed by atoms with E-state index in [0.717, 1.165) is 41.4 Å². The van der Waals surface area contributed by atoms with E-state index in [4.69, 9.17) is 21.1 Å². The molecule has 0 saturated carbocycles. The highest BCUT2D eigenvalue weighted by Crippen LogP contribution is 2.35. The first-order chi connectivity index (χ1) is 19.9. The Bertz CT molecular complexity index is 1570. The number of sulfonamides is 1. The van der Waals surface area contributed by atoms with Gasteiger partial charge in [0.15, 0.2) is 5.82 Å². The molecule has 0 unspecified atom stereocenters. The quantitative estimate of drug-likeness (QED) is 0.349. The van der Waals surface area contributed by atoms with E-state index in [1.807, 2.05) is 12.1 Å². The predicted octanol–water partition coefficient (Wildman–Crippen LogP) is 3.37. The molecule has 2 N–H and O–H groups in total. The Labute approximate surface area is 251 Å². The van der Waals surface area contributed by atoms with Crippen molar-refractivity contribution in [1.82, 2.24) is 24.1 Å². The molecule has 2 aromatic carbocycles. The summed E-state index contributed by atoms with van der Waals surface area (Å²) in [6.45, 7) is 1.90. The molecular weight excluding hydrogens is 582 g/mol. The van der Waals surface area contributed by atoms with Gasteiger partial charge in [-0.05, 0) is 48.2 Å². The Morgan fingerprint density at radius 1 is 1.00 bits per heavy atom. The summed E-state index contributed by atoms with van der Waals surface area (Å²) < 4.78 is 38.1. The molecule has 0 saturated heterocycles. The maximum Gasteiger partial charge on any atom is 0.244 e. The Morgan fingerprint density at radius 3 is 2.31 bits per heavy atom. The van der Waals surface area contributed by atoms with Gasteiger partial charge < -0.3 is 25.0 Å². The minimum Gasteiger partial charge on any atom is -0.497 e. The molecular formula is C28H36ClN7O5S. The monoisotopic (exact) mass is 617 g/mol. The third-order valence-electron chi connectivity index (χ3n) is 6.97. The molecule has 4 rings (SSSR count). The summed E-state index contributed by atoms with van der Waals surface area (Å²) in [4.78, 5) is 24.9. The summed E-state index contributed by atoms with van der Waals surface area (Å²) in [7, 11) is 5.67.